The number of thioether (sulfide) groups is 1. The van der Waals surface area contributed by atoms with Crippen LogP contribution in [0.3, 0.4) is 0 Å². The van der Waals surface area contributed by atoms with Crippen molar-refractivity contribution in [3.8, 4) is 0 Å². The lowest BCUT2D eigenvalue weighted by Crippen LogP contribution is -2.42. The van der Waals surface area contributed by atoms with Gasteiger partial charge in [0.25, 0.3) is 0 Å². The molecule has 0 atom stereocenters. The number of ether oxygens (including phenoxy) is 1. The Bertz CT molecular complexity index is 395. The van der Waals surface area contributed by atoms with Crippen LogP contribution in [0.1, 0.15) is 38.5 Å². The lowest BCUT2D eigenvalue weighted by molar-refractivity contribution is -0.131. The molecule has 2 aliphatic rings. The van der Waals surface area contributed by atoms with Crippen LogP contribution in [-0.4, -0.2) is 78.6 Å². The minimum atomic E-state index is 0.145. The summed E-state index contributed by atoms with van der Waals surface area (Å²) in [5, 5.41) is 0. The van der Waals surface area contributed by atoms with Crippen LogP contribution >= 0.6 is 11.8 Å². The number of likely N-dealkylation sites (tertiary alicyclic amines) is 2. The molecule has 2 N–H and O–H groups in total. The summed E-state index contributed by atoms with van der Waals surface area (Å²) in [6, 6.07) is 0. The molecule has 2 amide bonds. The van der Waals surface area contributed by atoms with Gasteiger partial charge in [0.05, 0.1) is 17.6 Å². The molecule has 0 aromatic rings. The Morgan fingerprint density at radius 1 is 0.958 bits per heavy atom. The van der Waals surface area contributed by atoms with Crippen LogP contribution in [0.15, 0.2) is 0 Å². The van der Waals surface area contributed by atoms with Gasteiger partial charge >= 0.3 is 0 Å². The van der Waals surface area contributed by atoms with Crippen molar-refractivity contribution in [2.45, 2.75) is 44.6 Å². The van der Waals surface area contributed by atoms with Crippen molar-refractivity contribution in [3.05, 3.63) is 0 Å². The van der Waals surface area contributed by atoms with E-state index in [1.165, 1.54) is 18.2 Å². The van der Waals surface area contributed by atoms with Gasteiger partial charge < -0.3 is 20.3 Å². The monoisotopic (exact) mass is 357 g/mol. The highest BCUT2D eigenvalue weighted by molar-refractivity contribution is 8.00. The van der Waals surface area contributed by atoms with E-state index in [4.69, 9.17) is 10.5 Å². The molecule has 0 aromatic heterocycles. The molecule has 7 heteroatoms. The van der Waals surface area contributed by atoms with Crippen molar-refractivity contribution < 1.29 is 14.3 Å². The zero-order valence-corrected chi connectivity index (χ0v) is 15.4. The number of carbonyl (C=O) groups excluding carboxylic acids is 2. The zero-order chi connectivity index (χ0) is 17.2. The van der Waals surface area contributed by atoms with E-state index in [-0.39, 0.29) is 17.9 Å². The smallest absolute Gasteiger partial charge is 0.232 e. The maximum absolute atomic E-state index is 12.2. The lowest BCUT2D eigenvalue weighted by Gasteiger charge is -2.32. The van der Waals surface area contributed by atoms with E-state index >= 15 is 0 Å². The summed E-state index contributed by atoms with van der Waals surface area (Å²) < 4.78 is 5.76. The maximum atomic E-state index is 12.2. The summed E-state index contributed by atoms with van der Waals surface area (Å²) in [6.07, 6.45) is 6.38. The second-order valence-corrected chi connectivity index (χ2v) is 7.51. The minimum Gasteiger partial charge on any atom is -0.378 e. The van der Waals surface area contributed by atoms with Crippen molar-refractivity contribution in [1.29, 1.82) is 0 Å². The number of nitrogens with zero attached hydrogens (tertiary/aromatic N) is 2. The Kier molecular flexibility index (Phi) is 8.91. The van der Waals surface area contributed by atoms with Crippen LogP contribution in [0.25, 0.3) is 0 Å². The van der Waals surface area contributed by atoms with Crippen molar-refractivity contribution >= 4 is 23.6 Å². The average Bonchev–Trinajstić information content (AvgIpc) is 2.63. The first-order valence-corrected chi connectivity index (χ1v) is 10.3. The molecule has 0 radical (unpaired) electrons. The molecule has 2 heterocycles. The third kappa shape index (κ3) is 6.61. The van der Waals surface area contributed by atoms with E-state index < -0.39 is 0 Å². The van der Waals surface area contributed by atoms with Crippen LogP contribution in [0, 0.1) is 0 Å². The number of hydrogen-bond acceptors (Lipinski definition) is 5. The SMILES string of the molecule is NCCCOC1CCN(C(=O)CSCC(=O)N2CCCCC2)CC1. The number of hydrogen-bond donors (Lipinski definition) is 1. The van der Waals surface area contributed by atoms with Crippen LogP contribution in [0.5, 0.6) is 0 Å². The topological polar surface area (TPSA) is 75.9 Å². The Morgan fingerprint density at radius 3 is 2.12 bits per heavy atom. The van der Waals surface area contributed by atoms with E-state index in [2.05, 4.69) is 0 Å². The predicted molar refractivity (Wildman–Crippen MR) is 97.0 cm³/mol. The lowest BCUT2D eigenvalue weighted by atomic mass is 10.1. The molecule has 0 bridgehead atoms. The molecule has 0 aliphatic carbocycles. The molecule has 0 spiro atoms. The zero-order valence-electron chi connectivity index (χ0n) is 14.6. The summed E-state index contributed by atoms with van der Waals surface area (Å²) in [5.41, 5.74) is 5.46. The van der Waals surface area contributed by atoms with E-state index in [0.717, 1.165) is 58.3 Å². The molecule has 0 saturated carbocycles. The molecule has 24 heavy (non-hydrogen) atoms. The van der Waals surface area contributed by atoms with Crippen LogP contribution in [0.4, 0.5) is 0 Å². The molecular formula is C17H31N3O3S. The van der Waals surface area contributed by atoms with E-state index in [1.807, 2.05) is 9.80 Å². The van der Waals surface area contributed by atoms with E-state index in [9.17, 15) is 9.59 Å². The molecule has 2 rings (SSSR count). The third-order valence-electron chi connectivity index (χ3n) is 4.66. The molecule has 2 saturated heterocycles. The fourth-order valence-electron chi connectivity index (χ4n) is 3.16. The largest absolute Gasteiger partial charge is 0.378 e. The summed E-state index contributed by atoms with van der Waals surface area (Å²) in [4.78, 5) is 28.2. The van der Waals surface area contributed by atoms with Gasteiger partial charge in [-0.25, -0.2) is 0 Å². The fraction of sp³-hybridized carbons (Fsp3) is 0.882. The number of nitrogens with two attached hydrogens (primary N) is 1. The van der Waals surface area contributed by atoms with Gasteiger partial charge in [0, 0.05) is 32.8 Å². The number of piperidine rings is 2. The first-order valence-electron chi connectivity index (χ1n) is 9.15. The predicted octanol–water partition coefficient (Wildman–Crippen LogP) is 1.09. The number of carbonyl (C=O) groups is 2. The second kappa shape index (κ2) is 10.9. The average molecular weight is 358 g/mol. The molecule has 6 nitrogen and oxygen atoms in total. The van der Waals surface area contributed by atoms with Crippen LogP contribution in [-0.2, 0) is 14.3 Å². The third-order valence-corrected chi connectivity index (χ3v) is 5.56. The minimum absolute atomic E-state index is 0.145. The number of amides is 2. The second-order valence-electron chi connectivity index (χ2n) is 6.53. The summed E-state index contributed by atoms with van der Waals surface area (Å²) in [5.74, 6) is 1.15. The van der Waals surface area contributed by atoms with E-state index in [1.54, 1.807) is 0 Å². The molecule has 2 aliphatic heterocycles. The van der Waals surface area contributed by atoms with Crippen LogP contribution in [0.2, 0.25) is 0 Å². The van der Waals surface area contributed by atoms with Gasteiger partial charge in [0.1, 0.15) is 0 Å². The highest BCUT2D eigenvalue weighted by Crippen LogP contribution is 2.16. The highest BCUT2D eigenvalue weighted by atomic mass is 32.2. The van der Waals surface area contributed by atoms with Crippen molar-refractivity contribution in [1.82, 2.24) is 9.80 Å². The van der Waals surface area contributed by atoms with Gasteiger partial charge in [-0.1, -0.05) is 0 Å². The van der Waals surface area contributed by atoms with Gasteiger partial charge in [-0.05, 0) is 45.1 Å². The first kappa shape index (κ1) is 19.5. The Balaban J connectivity index is 1.57. The molecular weight excluding hydrogens is 326 g/mol. The Hall–Kier alpha value is -0.790. The maximum Gasteiger partial charge on any atom is 0.232 e. The quantitative estimate of drug-likeness (QED) is 0.658. The van der Waals surface area contributed by atoms with Gasteiger partial charge in [-0.3, -0.25) is 9.59 Å². The Labute approximate surface area is 149 Å². The molecule has 2 fully saturated rings. The normalized spacial score (nSPS) is 19.5. The first-order chi connectivity index (χ1) is 11.7. The van der Waals surface area contributed by atoms with Gasteiger partial charge in [-0.15, -0.1) is 11.8 Å². The van der Waals surface area contributed by atoms with Gasteiger partial charge in [-0.2, -0.15) is 0 Å². The molecule has 138 valence electrons. The summed E-state index contributed by atoms with van der Waals surface area (Å²) >= 11 is 1.45. The molecule has 0 unspecified atom stereocenters. The molecule has 0 aromatic carbocycles. The standard InChI is InChI=1S/C17H31N3O3S/c18-7-4-12-23-15-5-10-20(11-6-15)17(22)14-24-13-16(21)19-8-2-1-3-9-19/h15H,1-14,18H2. The van der Waals surface area contributed by atoms with Gasteiger partial charge in [0.2, 0.25) is 11.8 Å². The van der Waals surface area contributed by atoms with Crippen molar-refractivity contribution in [2.75, 3.05) is 50.8 Å². The van der Waals surface area contributed by atoms with Gasteiger partial charge in [0.15, 0.2) is 0 Å². The van der Waals surface area contributed by atoms with Crippen molar-refractivity contribution in [2.24, 2.45) is 5.73 Å². The summed E-state index contributed by atoms with van der Waals surface area (Å²) in [7, 11) is 0. The summed E-state index contributed by atoms with van der Waals surface area (Å²) in [6.45, 7) is 4.64. The van der Waals surface area contributed by atoms with E-state index in [0.29, 0.717) is 24.7 Å². The fourth-order valence-corrected chi connectivity index (χ4v) is 3.97. The van der Waals surface area contributed by atoms with Crippen molar-refractivity contribution in [3.63, 3.8) is 0 Å². The highest BCUT2D eigenvalue weighted by Gasteiger charge is 2.23. The Morgan fingerprint density at radius 2 is 1.54 bits per heavy atom. The number of rotatable bonds is 8. The van der Waals surface area contributed by atoms with Crippen LogP contribution < -0.4 is 5.73 Å².